The highest BCUT2D eigenvalue weighted by Gasteiger charge is 2.08. The van der Waals surface area contributed by atoms with Gasteiger partial charge in [-0.15, -0.1) is 0 Å². The maximum atomic E-state index is 9.41. The average Bonchev–Trinajstić information content (AvgIpc) is 2.42. The summed E-state index contributed by atoms with van der Waals surface area (Å²) in [5.74, 6) is 6.30. The number of aromatic nitrogens is 2. The van der Waals surface area contributed by atoms with Crippen LogP contribution in [0.4, 0.5) is 5.82 Å². The molecule has 0 aliphatic rings. The zero-order valence-electron chi connectivity index (χ0n) is 10.2. The minimum atomic E-state index is 0.00985. The number of hydrazine groups is 1. The molecule has 100 valence electrons. The Morgan fingerprint density at radius 3 is 2.79 bits per heavy atom. The van der Waals surface area contributed by atoms with E-state index in [0.717, 1.165) is 0 Å². The molecule has 0 aliphatic heterocycles. The summed E-state index contributed by atoms with van der Waals surface area (Å²) in [6, 6.07) is 6.44. The smallest absolute Gasteiger partial charge is 0.161 e. The summed E-state index contributed by atoms with van der Waals surface area (Å²) in [7, 11) is 1.58. The third-order valence-electron chi connectivity index (χ3n) is 2.43. The van der Waals surface area contributed by atoms with Gasteiger partial charge in [-0.25, -0.2) is 15.8 Å². The number of hydrogen-bond donors (Lipinski definition) is 3. The van der Waals surface area contributed by atoms with Gasteiger partial charge in [0.15, 0.2) is 5.82 Å². The molecule has 0 bridgehead atoms. The molecule has 1 aromatic heterocycles. The van der Waals surface area contributed by atoms with E-state index in [2.05, 4.69) is 15.4 Å². The van der Waals surface area contributed by atoms with Crippen molar-refractivity contribution in [2.75, 3.05) is 12.5 Å². The van der Waals surface area contributed by atoms with E-state index < -0.39 is 0 Å². The number of nitrogens with zero attached hydrogens (tertiary/aromatic N) is 2. The van der Waals surface area contributed by atoms with E-state index in [4.69, 9.17) is 22.2 Å². The molecule has 0 atom stereocenters. The minimum Gasteiger partial charge on any atom is -0.506 e. The van der Waals surface area contributed by atoms with E-state index in [1.165, 1.54) is 6.07 Å². The van der Waals surface area contributed by atoms with E-state index in [9.17, 15) is 5.11 Å². The van der Waals surface area contributed by atoms with E-state index >= 15 is 0 Å². The number of phenolic OH excluding ortho intramolecular Hbond substituents is 1. The largest absolute Gasteiger partial charge is 0.506 e. The molecule has 19 heavy (non-hydrogen) atoms. The molecule has 0 saturated heterocycles. The van der Waals surface area contributed by atoms with Crippen molar-refractivity contribution in [2.24, 2.45) is 5.84 Å². The molecule has 0 spiro atoms. The lowest BCUT2D eigenvalue weighted by molar-refractivity contribution is 0.181. The quantitative estimate of drug-likeness (QED) is 0.585. The second-order valence-electron chi connectivity index (χ2n) is 3.81. The van der Waals surface area contributed by atoms with E-state index in [1.807, 2.05) is 0 Å². The van der Waals surface area contributed by atoms with Crippen LogP contribution in [0.1, 0.15) is 5.69 Å². The van der Waals surface area contributed by atoms with Crippen molar-refractivity contribution >= 4 is 17.4 Å². The maximum Gasteiger partial charge on any atom is 0.161 e. The van der Waals surface area contributed by atoms with E-state index in [-0.39, 0.29) is 10.8 Å². The van der Waals surface area contributed by atoms with Gasteiger partial charge in [-0.3, -0.25) is 0 Å². The third kappa shape index (κ3) is 3.11. The highest BCUT2D eigenvalue weighted by Crippen LogP contribution is 2.28. The molecular weight excluding hydrogens is 268 g/mol. The Bertz CT molecular complexity index is 592. The Balaban J connectivity index is 2.47. The standard InChI is InChI=1S/C12H13ClN4O2/c1-19-6-8-5-11(17-14)16-12(15-8)7-2-3-10(18)9(13)4-7/h2-5,18H,6,14H2,1H3,(H,15,16,17). The zero-order chi connectivity index (χ0) is 13.8. The predicted molar refractivity (Wildman–Crippen MR) is 72.7 cm³/mol. The van der Waals surface area contributed by atoms with Crippen molar-refractivity contribution in [3.05, 3.63) is 35.0 Å². The number of nitrogen functional groups attached to an aromatic ring is 1. The Hall–Kier alpha value is -1.89. The number of aromatic hydroxyl groups is 1. The van der Waals surface area contributed by atoms with Crippen LogP contribution < -0.4 is 11.3 Å². The number of rotatable bonds is 4. The number of halogens is 1. The van der Waals surface area contributed by atoms with Crippen LogP contribution in [-0.4, -0.2) is 22.2 Å². The Labute approximate surface area is 115 Å². The fourth-order valence-electron chi connectivity index (χ4n) is 1.57. The van der Waals surface area contributed by atoms with Gasteiger partial charge in [-0.05, 0) is 18.2 Å². The normalized spacial score (nSPS) is 10.5. The second-order valence-corrected chi connectivity index (χ2v) is 4.22. The summed E-state index contributed by atoms with van der Waals surface area (Å²) in [5.41, 5.74) is 3.84. The van der Waals surface area contributed by atoms with Gasteiger partial charge in [0.05, 0.1) is 17.3 Å². The van der Waals surface area contributed by atoms with Crippen LogP contribution in [0, 0.1) is 0 Å². The molecule has 0 unspecified atom stereocenters. The first-order valence-corrected chi connectivity index (χ1v) is 5.84. The molecule has 0 amide bonds. The Morgan fingerprint density at radius 1 is 1.37 bits per heavy atom. The fraction of sp³-hybridized carbons (Fsp3) is 0.167. The summed E-state index contributed by atoms with van der Waals surface area (Å²) in [4.78, 5) is 8.57. The van der Waals surface area contributed by atoms with Gasteiger partial charge < -0.3 is 15.3 Å². The average molecular weight is 281 g/mol. The summed E-state index contributed by atoms with van der Waals surface area (Å²) in [5, 5.41) is 9.64. The van der Waals surface area contributed by atoms with Crippen LogP contribution in [-0.2, 0) is 11.3 Å². The zero-order valence-corrected chi connectivity index (χ0v) is 11.0. The lowest BCUT2D eigenvalue weighted by atomic mass is 10.2. The van der Waals surface area contributed by atoms with E-state index in [0.29, 0.717) is 29.5 Å². The number of anilines is 1. The van der Waals surface area contributed by atoms with Gasteiger partial charge in [0, 0.05) is 18.7 Å². The van der Waals surface area contributed by atoms with Crippen molar-refractivity contribution < 1.29 is 9.84 Å². The first kappa shape index (κ1) is 13.5. The van der Waals surface area contributed by atoms with E-state index in [1.54, 1.807) is 25.3 Å². The predicted octanol–water partition coefficient (Wildman–Crippen LogP) is 1.93. The van der Waals surface area contributed by atoms with Crippen LogP contribution in [0.15, 0.2) is 24.3 Å². The van der Waals surface area contributed by atoms with Crippen molar-refractivity contribution in [3.8, 4) is 17.1 Å². The lowest BCUT2D eigenvalue weighted by Crippen LogP contribution is -2.10. The third-order valence-corrected chi connectivity index (χ3v) is 2.73. The number of nitrogens with two attached hydrogens (primary N) is 1. The number of phenols is 1. The van der Waals surface area contributed by atoms with Crippen molar-refractivity contribution in [1.82, 2.24) is 9.97 Å². The molecule has 6 nitrogen and oxygen atoms in total. The number of benzene rings is 1. The molecule has 0 radical (unpaired) electrons. The van der Waals surface area contributed by atoms with Crippen LogP contribution in [0.5, 0.6) is 5.75 Å². The molecule has 1 heterocycles. The lowest BCUT2D eigenvalue weighted by Gasteiger charge is -2.08. The molecule has 1 aromatic carbocycles. The molecular formula is C12H13ClN4O2. The topological polar surface area (TPSA) is 93.3 Å². The van der Waals surface area contributed by atoms with Gasteiger partial charge in [0.2, 0.25) is 0 Å². The van der Waals surface area contributed by atoms with Gasteiger partial charge in [0.1, 0.15) is 11.6 Å². The Morgan fingerprint density at radius 2 is 2.16 bits per heavy atom. The Kier molecular flexibility index (Phi) is 4.16. The van der Waals surface area contributed by atoms with Gasteiger partial charge in [-0.1, -0.05) is 11.6 Å². The summed E-state index contributed by atoms with van der Waals surface area (Å²) in [6.45, 7) is 0.343. The maximum absolute atomic E-state index is 9.41. The summed E-state index contributed by atoms with van der Waals surface area (Å²) < 4.78 is 5.04. The van der Waals surface area contributed by atoms with Gasteiger partial charge in [0.25, 0.3) is 0 Å². The molecule has 0 saturated carbocycles. The molecule has 0 fully saturated rings. The number of ether oxygens (including phenoxy) is 1. The monoisotopic (exact) mass is 280 g/mol. The second kappa shape index (κ2) is 5.83. The number of hydrogen-bond acceptors (Lipinski definition) is 6. The van der Waals surface area contributed by atoms with Crippen molar-refractivity contribution in [1.29, 1.82) is 0 Å². The SMILES string of the molecule is COCc1cc(NN)nc(-c2ccc(O)c(Cl)c2)n1. The molecule has 2 aromatic rings. The minimum absolute atomic E-state index is 0.00985. The fourth-order valence-corrected chi connectivity index (χ4v) is 1.75. The highest BCUT2D eigenvalue weighted by molar-refractivity contribution is 6.32. The van der Waals surface area contributed by atoms with Crippen LogP contribution in [0.25, 0.3) is 11.4 Å². The molecule has 2 rings (SSSR count). The molecule has 4 N–H and O–H groups in total. The van der Waals surface area contributed by atoms with Gasteiger partial charge in [-0.2, -0.15) is 0 Å². The number of methoxy groups -OCH3 is 1. The van der Waals surface area contributed by atoms with Gasteiger partial charge >= 0.3 is 0 Å². The molecule has 7 heteroatoms. The molecule has 0 aliphatic carbocycles. The highest BCUT2D eigenvalue weighted by atomic mass is 35.5. The summed E-state index contributed by atoms with van der Waals surface area (Å²) in [6.07, 6.45) is 0. The van der Waals surface area contributed by atoms with Crippen LogP contribution in [0.3, 0.4) is 0 Å². The van der Waals surface area contributed by atoms with Crippen molar-refractivity contribution in [2.45, 2.75) is 6.61 Å². The first-order valence-electron chi connectivity index (χ1n) is 5.46. The van der Waals surface area contributed by atoms with Crippen LogP contribution >= 0.6 is 11.6 Å². The first-order chi connectivity index (χ1) is 9.13. The van der Waals surface area contributed by atoms with Crippen LogP contribution in [0.2, 0.25) is 5.02 Å². The number of nitrogens with one attached hydrogen (secondary N) is 1. The summed E-state index contributed by atoms with van der Waals surface area (Å²) >= 11 is 5.87. The van der Waals surface area contributed by atoms with Crippen molar-refractivity contribution in [3.63, 3.8) is 0 Å².